The highest BCUT2D eigenvalue weighted by molar-refractivity contribution is 9.10. The molecule has 1 aliphatic rings. The molecular weight excluding hydrogens is 270 g/mol. The Morgan fingerprint density at radius 2 is 2.38 bits per heavy atom. The van der Waals surface area contributed by atoms with Gasteiger partial charge in [0.1, 0.15) is 6.29 Å². The van der Waals surface area contributed by atoms with Crippen LogP contribution in [0.15, 0.2) is 22.7 Å². The van der Waals surface area contributed by atoms with Crippen LogP contribution >= 0.6 is 15.9 Å². The van der Waals surface area contributed by atoms with Crippen LogP contribution in [0.3, 0.4) is 0 Å². The van der Waals surface area contributed by atoms with Crippen molar-refractivity contribution < 1.29 is 9.90 Å². The summed E-state index contributed by atoms with van der Waals surface area (Å²) in [7, 11) is 0. The zero-order valence-corrected chi connectivity index (χ0v) is 10.5. The summed E-state index contributed by atoms with van der Waals surface area (Å²) in [5.41, 5.74) is 1.72. The van der Waals surface area contributed by atoms with Gasteiger partial charge in [-0.15, -0.1) is 0 Å². The average Bonchev–Trinajstić information content (AvgIpc) is 2.76. The van der Waals surface area contributed by atoms with Crippen LogP contribution in [-0.4, -0.2) is 30.6 Å². The van der Waals surface area contributed by atoms with E-state index in [1.807, 2.05) is 12.1 Å². The van der Waals surface area contributed by atoms with Crippen LogP contribution in [0.25, 0.3) is 0 Å². The second-order valence-corrected chi connectivity index (χ2v) is 4.86. The topological polar surface area (TPSA) is 40.5 Å². The lowest BCUT2D eigenvalue weighted by atomic mass is 10.2. The summed E-state index contributed by atoms with van der Waals surface area (Å²) in [6, 6.07) is 5.76. The molecule has 1 fully saturated rings. The van der Waals surface area contributed by atoms with E-state index in [0.717, 1.165) is 35.8 Å². The molecule has 0 amide bonds. The summed E-state index contributed by atoms with van der Waals surface area (Å²) in [6.45, 7) is 1.14. The Balaban J connectivity index is 2.29. The number of hydrogen-bond acceptors (Lipinski definition) is 3. The number of aldehydes is 1. The minimum absolute atomic E-state index is 0.182. The molecule has 1 heterocycles. The smallest absolute Gasteiger partial charge is 0.150 e. The third-order valence-electron chi connectivity index (χ3n) is 3.01. The molecule has 86 valence electrons. The highest BCUT2D eigenvalue weighted by Crippen LogP contribution is 2.32. The molecule has 1 aromatic carbocycles. The number of benzene rings is 1. The van der Waals surface area contributed by atoms with Crippen LogP contribution in [0.2, 0.25) is 0 Å². The van der Waals surface area contributed by atoms with Crippen LogP contribution < -0.4 is 4.90 Å². The first kappa shape index (κ1) is 11.6. The molecule has 1 aliphatic heterocycles. The lowest BCUT2D eigenvalue weighted by molar-refractivity contribution is 0.112. The van der Waals surface area contributed by atoms with Gasteiger partial charge in [0.2, 0.25) is 0 Å². The van der Waals surface area contributed by atoms with Gasteiger partial charge < -0.3 is 10.0 Å². The molecule has 0 aliphatic carbocycles. The number of rotatable bonds is 3. The molecule has 0 radical (unpaired) electrons. The van der Waals surface area contributed by atoms with Crippen molar-refractivity contribution in [3.8, 4) is 0 Å². The molecule has 1 N–H and O–H groups in total. The number of halogens is 1. The number of hydrogen-bond donors (Lipinski definition) is 1. The van der Waals surface area contributed by atoms with Gasteiger partial charge in [-0.2, -0.15) is 0 Å². The van der Waals surface area contributed by atoms with Crippen LogP contribution in [0.1, 0.15) is 23.2 Å². The van der Waals surface area contributed by atoms with Gasteiger partial charge in [-0.1, -0.05) is 0 Å². The quantitative estimate of drug-likeness (QED) is 0.865. The Hall–Kier alpha value is -0.870. The molecule has 1 saturated heterocycles. The van der Waals surface area contributed by atoms with Crippen molar-refractivity contribution in [2.75, 3.05) is 18.1 Å². The molecule has 16 heavy (non-hydrogen) atoms. The van der Waals surface area contributed by atoms with Crippen LogP contribution in [0.4, 0.5) is 5.69 Å². The number of carbonyl (C=O) groups excluding carboxylic acids is 1. The molecule has 0 bridgehead atoms. The van der Waals surface area contributed by atoms with E-state index in [1.165, 1.54) is 0 Å². The van der Waals surface area contributed by atoms with Crippen LogP contribution in [-0.2, 0) is 0 Å². The second-order valence-electron chi connectivity index (χ2n) is 4.00. The number of aliphatic hydroxyl groups is 1. The molecule has 0 aromatic heterocycles. The van der Waals surface area contributed by atoms with Crippen molar-refractivity contribution in [1.82, 2.24) is 0 Å². The lowest BCUT2D eigenvalue weighted by Gasteiger charge is -2.26. The zero-order chi connectivity index (χ0) is 11.5. The molecule has 0 spiro atoms. The Labute approximate surface area is 103 Å². The lowest BCUT2D eigenvalue weighted by Crippen LogP contribution is -2.32. The van der Waals surface area contributed by atoms with Crippen molar-refractivity contribution in [2.24, 2.45) is 0 Å². The van der Waals surface area contributed by atoms with Gasteiger partial charge in [-0.3, -0.25) is 4.79 Å². The van der Waals surface area contributed by atoms with E-state index in [9.17, 15) is 9.90 Å². The maximum atomic E-state index is 10.6. The maximum absolute atomic E-state index is 10.6. The van der Waals surface area contributed by atoms with Gasteiger partial charge in [0.05, 0.1) is 18.3 Å². The van der Waals surface area contributed by atoms with Crippen molar-refractivity contribution in [3.63, 3.8) is 0 Å². The number of aliphatic hydroxyl groups excluding tert-OH is 1. The predicted octanol–water partition coefficient (Wildman–Crippen LogP) is 2.22. The molecular formula is C12H14BrNO2. The van der Waals surface area contributed by atoms with Crippen molar-refractivity contribution in [2.45, 2.75) is 18.9 Å². The van der Waals surface area contributed by atoms with Gasteiger partial charge in [-0.05, 0) is 47.0 Å². The SMILES string of the molecule is O=Cc1ccc(N2CCCC2CO)c(Br)c1. The monoisotopic (exact) mass is 283 g/mol. The molecule has 3 nitrogen and oxygen atoms in total. The highest BCUT2D eigenvalue weighted by atomic mass is 79.9. The normalized spacial score (nSPS) is 20.1. The van der Waals surface area contributed by atoms with Gasteiger partial charge in [0.25, 0.3) is 0 Å². The minimum atomic E-state index is 0.182. The number of anilines is 1. The molecule has 1 atom stereocenters. The van der Waals surface area contributed by atoms with Crippen LogP contribution in [0, 0.1) is 0 Å². The second kappa shape index (κ2) is 4.97. The summed E-state index contributed by atoms with van der Waals surface area (Å²) < 4.78 is 0.914. The minimum Gasteiger partial charge on any atom is -0.394 e. The first-order valence-electron chi connectivity index (χ1n) is 5.38. The highest BCUT2D eigenvalue weighted by Gasteiger charge is 2.25. The maximum Gasteiger partial charge on any atom is 0.150 e. The van der Waals surface area contributed by atoms with E-state index in [0.29, 0.717) is 5.56 Å². The van der Waals surface area contributed by atoms with E-state index < -0.39 is 0 Å². The van der Waals surface area contributed by atoms with Crippen molar-refractivity contribution in [1.29, 1.82) is 0 Å². The Kier molecular flexibility index (Phi) is 3.61. The third kappa shape index (κ3) is 2.13. The molecule has 4 heteroatoms. The fraction of sp³-hybridized carbons (Fsp3) is 0.417. The van der Waals surface area contributed by atoms with E-state index in [1.54, 1.807) is 6.07 Å². The summed E-state index contributed by atoms with van der Waals surface area (Å²) in [4.78, 5) is 12.8. The Bertz CT molecular complexity index is 395. The average molecular weight is 284 g/mol. The summed E-state index contributed by atoms with van der Waals surface area (Å²) in [5, 5.41) is 9.28. The predicted molar refractivity (Wildman–Crippen MR) is 67.0 cm³/mol. The van der Waals surface area contributed by atoms with Gasteiger partial charge in [-0.25, -0.2) is 0 Å². The number of nitrogens with zero attached hydrogens (tertiary/aromatic N) is 1. The Morgan fingerprint density at radius 3 is 3.00 bits per heavy atom. The first-order valence-corrected chi connectivity index (χ1v) is 6.18. The standard InChI is InChI=1S/C12H14BrNO2/c13-11-6-9(7-15)3-4-12(11)14-5-1-2-10(14)8-16/h3-4,6-7,10,16H,1-2,5,8H2. The van der Waals surface area contributed by atoms with Crippen LogP contribution in [0.5, 0.6) is 0 Å². The summed E-state index contributed by atoms with van der Waals surface area (Å²) in [6.07, 6.45) is 2.97. The van der Waals surface area contributed by atoms with E-state index >= 15 is 0 Å². The fourth-order valence-corrected chi connectivity index (χ4v) is 2.80. The molecule has 0 saturated carbocycles. The Morgan fingerprint density at radius 1 is 1.56 bits per heavy atom. The van der Waals surface area contributed by atoms with Gasteiger partial charge in [0.15, 0.2) is 0 Å². The zero-order valence-electron chi connectivity index (χ0n) is 8.90. The molecule has 2 rings (SSSR count). The fourth-order valence-electron chi connectivity index (χ4n) is 2.17. The number of carbonyl (C=O) groups is 1. The van der Waals surface area contributed by atoms with Gasteiger partial charge in [0, 0.05) is 16.6 Å². The van der Waals surface area contributed by atoms with Gasteiger partial charge >= 0.3 is 0 Å². The first-order chi connectivity index (χ1) is 7.76. The summed E-state index contributed by atoms with van der Waals surface area (Å²) >= 11 is 3.47. The molecule has 1 aromatic rings. The third-order valence-corrected chi connectivity index (χ3v) is 3.64. The largest absolute Gasteiger partial charge is 0.394 e. The van der Waals surface area contributed by atoms with E-state index in [4.69, 9.17) is 0 Å². The summed E-state index contributed by atoms with van der Waals surface area (Å²) in [5.74, 6) is 0. The molecule has 1 unspecified atom stereocenters. The van der Waals surface area contributed by atoms with E-state index in [2.05, 4.69) is 20.8 Å². The van der Waals surface area contributed by atoms with E-state index in [-0.39, 0.29) is 12.6 Å². The van der Waals surface area contributed by atoms with Crippen molar-refractivity contribution >= 4 is 27.9 Å². The van der Waals surface area contributed by atoms with Crippen molar-refractivity contribution in [3.05, 3.63) is 28.2 Å².